The quantitative estimate of drug-likeness (QED) is 0.777. The van der Waals surface area contributed by atoms with E-state index >= 15 is 0 Å². The lowest BCUT2D eigenvalue weighted by molar-refractivity contribution is 0.348. The predicted molar refractivity (Wildman–Crippen MR) is 66.8 cm³/mol. The molecule has 2 N–H and O–H groups in total. The number of halogens is 1. The van der Waals surface area contributed by atoms with Crippen LogP contribution in [0.4, 0.5) is 10.1 Å². The maximum Gasteiger partial charge on any atom is 0.166 e. The van der Waals surface area contributed by atoms with E-state index in [0.29, 0.717) is 6.04 Å². The molecule has 0 radical (unpaired) electrons. The lowest BCUT2D eigenvalue weighted by atomic mass is 10.1. The number of likely N-dealkylation sites (tertiary alicyclic amines) is 1. The van der Waals surface area contributed by atoms with Gasteiger partial charge in [-0.25, -0.2) is 4.39 Å². The van der Waals surface area contributed by atoms with Crippen molar-refractivity contribution in [1.29, 1.82) is 0 Å². The van der Waals surface area contributed by atoms with Crippen LogP contribution in [0.15, 0.2) is 18.2 Å². The molecule has 0 aromatic heterocycles. The standard InChI is InChI=1S/C13H19FN2O/c1-16-7-2-3-10(6-8-16)15-11-4-5-13(17)12(14)9-11/h4-5,9-10,15,17H,2-3,6-8H2,1H3. The third-order valence-electron chi connectivity index (χ3n) is 3.27. The summed E-state index contributed by atoms with van der Waals surface area (Å²) < 4.78 is 13.2. The molecular weight excluding hydrogens is 219 g/mol. The summed E-state index contributed by atoms with van der Waals surface area (Å²) in [7, 11) is 2.13. The van der Waals surface area contributed by atoms with Crippen LogP contribution in [0.3, 0.4) is 0 Å². The lowest BCUT2D eigenvalue weighted by Gasteiger charge is -2.18. The molecule has 0 aliphatic carbocycles. The second-order valence-electron chi connectivity index (χ2n) is 4.74. The molecule has 17 heavy (non-hydrogen) atoms. The zero-order valence-electron chi connectivity index (χ0n) is 10.1. The van der Waals surface area contributed by atoms with E-state index in [1.807, 2.05) is 0 Å². The highest BCUT2D eigenvalue weighted by Gasteiger charge is 2.14. The molecule has 1 aromatic carbocycles. The van der Waals surface area contributed by atoms with Gasteiger partial charge in [0, 0.05) is 17.8 Å². The Kier molecular flexibility index (Phi) is 3.84. The number of hydrogen-bond acceptors (Lipinski definition) is 3. The van der Waals surface area contributed by atoms with Crippen molar-refractivity contribution in [3.8, 4) is 5.75 Å². The van der Waals surface area contributed by atoms with Crippen LogP contribution in [0.1, 0.15) is 19.3 Å². The molecule has 1 heterocycles. The van der Waals surface area contributed by atoms with Crippen LogP contribution in [0, 0.1) is 5.82 Å². The van der Waals surface area contributed by atoms with Crippen LogP contribution in [-0.2, 0) is 0 Å². The molecule has 1 fully saturated rings. The molecule has 4 heteroatoms. The number of nitrogens with one attached hydrogen (secondary N) is 1. The van der Waals surface area contributed by atoms with Gasteiger partial charge in [-0.3, -0.25) is 0 Å². The molecule has 0 saturated carbocycles. The van der Waals surface area contributed by atoms with Gasteiger partial charge in [0.15, 0.2) is 11.6 Å². The van der Waals surface area contributed by atoms with E-state index in [4.69, 9.17) is 5.11 Å². The predicted octanol–water partition coefficient (Wildman–Crippen LogP) is 2.43. The molecule has 0 spiro atoms. The lowest BCUT2D eigenvalue weighted by Crippen LogP contribution is -2.22. The molecule has 2 rings (SSSR count). The summed E-state index contributed by atoms with van der Waals surface area (Å²) >= 11 is 0. The van der Waals surface area contributed by atoms with Crippen LogP contribution < -0.4 is 5.32 Å². The highest BCUT2D eigenvalue weighted by molar-refractivity contribution is 5.47. The minimum atomic E-state index is -0.569. The van der Waals surface area contributed by atoms with E-state index in [1.165, 1.54) is 12.1 Å². The summed E-state index contributed by atoms with van der Waals surface area (Å²) in [6, 6.07) is 4.85. The van der Waals surface area contributed by atoms with Crippen LogP contribution in [0.2, 0.25) is 0 Å². The van der Waals surface area contributed by atoms with Gasteiger partial charge in [-0.15, -0.1) is 0 Å². The molecule has 1 aliphatic rings. The molecule has 94 valence electrons. The van der Waals surface area contributed by atoms with E-state index in [-0.39, 0.29) is 5.75 Å². The average Bonchev–Trinajstić information content (AvgIpc) is 2.49. The Labute approximate surface area is 101 Å². The molecule has 1 atom stereocenters. The Morgan fingerprint density at radius 1 is 1.35 bits per heavy atom. The first-order valence-corrected chi connectivity index (χ1v) is 6.09. The smallest absolute Gasteiger partial charge is 0.166 e. The fourth-order valence-electron chi connectivity index (χ4n) is 2.22. The monoisotopic (exact) mass is 238 g/mol. The van der Waals surface area contributed by atoms with Gasteiger partial charge in [0.05, 0.1) is 0 Å². The maximum absolute atomic E-state index is 13.2. The van der Waals surface area contributed by atoms with Gasteiger partial charge >= 0.3 is 0 Å². The summed E-state index contributed by atoms with van der Waals surface area (Å²) in [6.45, 7) is 2.19. The minimum absolute atomic E-state index is 0.295. The number of hydrogen-bond donors (Lipinski definition) is 2. The summed E-state index contributed by atoms with van der Waals surface area (Å²) in [5.41, 5.74) is 0.745. The average molecular weight is 238 g/mol. The Morgan fingerprint density at radius 2 is 2.18 bits per heavy atom. The van der Waals surface area contributed by atoms with E-state index in [0.717, 1.165) is 38.0 Å². The number of aromatic hydroxyl groups is 1. The third-order valence-corrected chi connectivity index (χ3v) is 3.27. The molecule has 1 unspecified atom stereocenters. The Hall–Kier alpha value is -1.29. The van der Waals surface area contributed by atoms with Crippen molar-refractivity contribution in [1.82, 2.24) is 4.90 Å². The minimum Gasteiger partial charge on any atom is -0.505 e. The van der Waals surface area contributed by atoms with E-state index < -0.39 is 5.82 Å². The van der Waals surface area contributed by atoms with E-state index in [1.54, 1.807) is 6.07 Å². The highest BCUT2D eigenvalue weighted by atomic mass is 19.1. The van der Waals surface area contributed by atoms with Gasteiger partial charge in [-0.1, -0.05) is 0 Å². The van der Waals surface area contributed by atoms with Crippen LogP contribution >= 0.6 is 0 Å². The van der Waals surface area contributed by atoms with Gasteiger partial charge in [-0.05, 0) is 51.5 Å². The van der Waals surface area contributed by atoms with Crippen molar-refractivity contribution in [2.45, 2.75) is 25.3 Å². The highest BCUT2D eigenvalue weighted by Crippen LogP contribution is 2.22. The van der Waals surface area contributed by atoms with E-state index in [2.05, 4.69) is 17.3 Å². The third kappa shape index (κ3) is 3.33. The van der Waals surface area contributed by atoms with Crippen molar-refractivity contribution in [2.75, 3.05) is 25.5 Å². The topological polar surface area (TPSA) is 35.5 Å². The first-order chi connectivity index (χ1) is 8.15. The Morgan fingerprint density at radius 3 is 2.94 bits per heavy atom. The van der Waals surface area contributed by atoms with Gasteiger partial charge in [0.25, 0.3) is 0 Å². The fourth-order valence-corrected chi connectivity index (χ4v) is 2.22. The molecule has 1 aromatic rings. The zero-order chi connectivity index (χ0) is 12.3. The number of phenols is 1. The molecule has 3 nitrogen and oxygen atoms in total. The van der Waals surface area contributed by atoms with Crippen molar-refractivity contribution in [2.24, 2.45) is 0 Å². The fraction of sp³-hybridized carbons (Fsp3) is 0.538. The van der Waals surface area contributed by atoms with Crippen molar-refractivity contribution >= 4 is 5.69 Å². The second-order valence-corrected chi connectivity index (χ2v) is 4.74. The number of anilines is 1. The van der Waals surface area contributed by atoms with Crippen LogP contribution in [-0.4, -0.2) is 36.2 Å². The molecular formula is C13H19FN2O. The Balaban J connectivity index is 1.97. The first kappa shape index (κ1) is 12.2. The first-order valence-electron chi connectivity index (χ1n) is 6.09. The summed E-state index contributed by atoms with van der Waals surface area (Å²) in [4.78, 5) is 2.32. The zero-order valence-corrected chi connectivity index (χ0v) is 10.1. The summed E-state index contributed by atoms with van der Waals surface area (Å²) in [6.07, 6.45) is 3.33. The Bertz CT molecular complexity index is 384. The normalized spacial score (nSPS) is 22.1. The largest absolute Gasteiger partial charge is 0.505 e. The van der Waals surface area contributed by atoms with Gasteiger partial charge < -0.3 is 15.3 Å². The summed E-state index contributed by atoms with van der Waals surface area (Å²) in [5.74, 6) is -0.864. The second kappa shape index (κ2) is 5.36. The maximum atomic E-state index is 13.2. The van der Waals surface area contributed by atoms with Gasteiger partial charge in [0.2, 0.25) is 0 Å². The molecule has 0 amide bonds. The van der Waals surface area contributed by atoms with Crippen molar-refractivity contribution in [3.05, 3.63) is 24.0 Å². The van der Waals surface area contributed by atoms with Crippen molar-refractivity contribution in [3.63, 3.8) is 0 Å². The van der Waals surface area contributed by atoms with Crippen LogP contribution in [0.25, 0.3) is 0 Å². The molecule has 1 aliphatic heterocycles. The molecule has 0 bridgehead atoms. The van der Waals surface area contributed by atoms with Crippen LogP contribution in [0.5, 0.6) is 5.75 Å². The molecule has 1 saturated heterocycles. The summed E-state index contributed by atoms with van der Waals surface area (Å²) in [5, 5.41) is 12.5. The number of phenolic OH excluding ortho intramolecular Hbond substituents is 1. The van der Waals surface area contributed by atoms with E-state index in [9.17, 15) is 4.39 Å². The van der Waals surface area contributed by atoms with Gasteiger partial charge in [0.1, 0.15) is 0 Å². The SMILES string of the molecule is CN1CCCC(Nc2ccc(O)c(F)c2)CC1. The van der Waals surface area contributed by atoms with Gasteiger partial charge in [-0.2, -0.15) is 0 Å². The number of rotatable bonds is 2. The van der Waals surface area contributed by atoms with Crippen molar-refractivity contribution < 1.29 is 9.50 Å². The number of nitrogens with zero attached hydrogens (tertiary/aromatic N) is 1. The number of benzene rings is 1.